The van der Waals surface area contributed by atoms with Crippen molar-refractivity contribution in [1.29, 1.82) is 0 Å². The van der Waals surface area contributed by atoms with Gasteiger partial charge < -0.3 is 14.2 Å². The standard InChI is InChI=1S/C42H31BN2OS/c1-42(2,3)26-23-24-37-30(25-26)39-41(47-37)43-31-17-8-9-18-32(31)44(27-13-5-4-6-14-27)33-19-12-20-34(38(33)43)45(39)35-21-11-16-29-28-15-7-10-22-36(28)46-40(29)35/h4-25H,1-3H3. The van der Waals surface area contributed by atoms with E-state index in [1.807, 2.05) is 11.3 Å². The first-order valence-corrected chi connectivity index (χ1v) is 17.1. The molecule has 0 radical (unpaired) electrons. The fourth-order valence-corrected chi connectivity index (χ4v) is 9.15. The van der Waals surface area contributed by atoms with Gasteiger partial charge in [0.15, 0.2) is 5.58 Å². The summed E-state index contributed by atoms with van der Waals surface area (Å²) in [5.74, 6) is 0. The summed E-state index contributed by atoms with van der Waals surface area (Å²) in [5.41, 5.74) is 13.0. The second-order valence-corrected chi connectivity index (χ2v) is 14.8. The lowest BCUT2D eigenvalue weighted by Gasteiger charge is -2.43. The molecule has 2 aliphatic rings. The lowest BCUT2D eigenvalue weighted by molar-refractivity contribution is 0.591. The number of nitrogens with zero attached hydrogens (tertiary/aromatic N) is 2. The molecule has 224 valence electrons. The highest BCUT2D eigenvalue weighted by atomic mass is 32.1. The highest BCUT2D eigenvalue weighted by Crippen LogP contribution is 2.50. The first kappa shape index (κ1) is 26.9. The van der Waals surface area contributed by atoms with E-state index in [2.05, 4.69) is 164 Å². The van der Waals surface area contributed by atoms with Gasteiger partial charge >= 0.3 is 0 Å². The Morgan fingerprint density at radius 1 is 0.596 bits per heavy atom. The predicted molar refractivity (Wildman–Crippen MR) is 202 cm³/mol. The maximum atomic E-state index is 6.73. The minimum absolute atomic E-state index is 0.0277. The largest absolute Gasteiger partial charge is 0.454 e. The number of para-hydroxylation sites is 4. The summed E-state index contributed by atoms with van der Waals surface area (Å²) in [6.45, 7) is 7.01. The summed E-state index contributed by atoms with van der Waals surface area (Å²) in [6.07, 6.45) is 0. The molecule has 0 fully saturated rings. The fraction of sp³-hybridized carbons (Fsp3) is 0.0952. The van der Waals surface area contributed by atoms with Crippen molar-refractivity contribution in [3.05, 3.63) is 139 Å². The van der Waals surface area contributed by atoms with Gasteiger partial charge in [-0.1, -0.05) is 99.6 Å². The van der Waals surface area contributed by atoms with E-state index in [-0.39, 0.29) is 12.1 Å². The average Bonchev–Trinajstić information content (AvgIpc) is 3.67. The second-order valence-electron chi connectivity index (χ2n) is 13.7. The van der Waals surface area contributed by atoms with Crippen LogP contribution in [0.15, 0.2) is 138 Å². The Hall–Kier alpha value is -5.26. The monoisotopic (exact) mass is 622 g/mol. The van der Waals surface area contributed by atoms with Crippen molar-refractivity contribution in [2.75, 3.05) is 9.80 Å². The number of fused-ring (bicyclic) bond motifs is 9. The third kappa shape index (κ3) is 3.75. The molecule has 3 nitrogen and oxygen atoms in total. The molecule has 0 N–H and O–H groups in total. The van der Waals surface area contributed by atoms with Crippen LogP contribution in [0.5, 0.6) is 0 Å². The summed E-state index contributed by atoms with van der Waals surface area (Å²) >= 11 is 1.94. The fourth-order valence-electron chi connectivity index (χ4n) is 7.85. The summed E-state index contributed by atoms with van der Waals surface area (Å²) in [6, 6.07) is 48.7. The molecule has 0 amide bonds. The Morgan fingerprint density at radius 3 is 2.13 bits per heavy atom. The number of anilines is 6. The molecule has 0 atom stereocenters. The van der Waals surface area contributed by atoms with E-state index in [4.69, 9.17) is 4.42 Å². The van der Waals surface area contributed by atoms with Crippen LogP contribution in [0.3, 0.4) is 0 Å². The van der Waals surface area contributed by atoms with E-state index in [9.17, 15) is 0 Å². The highest BCUT2D eigenvalue weighted by Gasteiger charge is 2.45. The first-order chi connectivity index (χ1) is 23.0. The molecular formula is C42H31BN2OS. The van der Waals surface area contributed by atoms with Crippen LogP contribution in [0.1, 0.15) is 26.3 Å². The molecule has 47 heavy (non-hydrogen) atoms. The van der Waals surface area contributed by atoms with Crippen LogP contribution in [0.4, 0.5) is 34.1 Å². The highest BCUT2D eigenvalue weighted by molar-refractivity contribution is 7.33. The smallest absolute Gasteiger partial charge is 0.264 e. The molecule has 2 aromatic heterocycles. The Balaban J connectivity index is 1.35. The van der Waals surface area contributed by atoms with E-state index in [0.29, 0.717) is 0 Å². The summed E-state index contributed by atoms with van der Waals surface area (Å²) in [7, 11) is 0. The zero-order chi connectivity index (χ0) is 31.4. The third-order valence-electron chi connectivity index (χ3n) is 10.00. The molecule has 0 bridgehead atoms. The first-order valence-electron chi connectivity index (χ1n) is 16.3. The number of thiophene rings is 1. The Labute approximate surface area is 278 Å². The molecule has 0 aliphatic carbocycles. The van der Waals surface area contributed by atoms with Gasteiger partial charge in [0.1, 0.15) is 5.58 Å². The van der Waals surface area contributed by atoms with Gasteiger partial charge in [-0.2, -0.15) is 0 Å². The van der Waals surface area contributed by atoms with Crippen LogP contribution < -0.4 is 25.5 Å². The molecule has 0 saturated heterocycles. The van der Waals surface area contributed by atoms with E-state index >= 15 is 0 Å². The van der Waals surface area contributed by atoms with Gasteiger partial charge in [-0.25, -0.2) is 0 Å². The van der Waals surface area contributed by atoms with Crippen LogP contribution in [-0.2, 0) is 5.41 Å². The van der Waals surface area contributed by atoms with E-state index in [0.717, 1.165) is 33.3 Å². The van der Waals surface area contributed by atoms with Crippen molar-refractivity contribution in [1.82, 2.24) is 0 Å². The van der Waals surface area contributed by atoms with E-state index < -0.39 is 0 Å². The zero-order valence-corrected chi connectivity index (χ0v) is 27.3. The van der Waals surface area contributed by atoms with Crippen LogP contribution in [-0.4, -0.2) is 6.71 Å². The molecular weight excluding hydrogens is 591 g/mol. The van der Waals surface area contributed by atoms with Gasteiger partial charge in [0.05, 0.1) is 11.4 Å². The average molecular weight is 623 g/mol. The number of furan rings is 1. The van der Waals surface area contributed by atoms with Crippen molar-refractivity contribution in [3.63, 3.8) is 0 Å². The van der Waals surface area contributed by atoms with Crippen molar-refractivity contribution in [2.45, 2.75) is 26.2 Å². The Morgan fingerprint density at radius 2 is 1.28 bits per heavy atom. The number of hydrogen-bond acceptors (Lipinski definition) is 4. The molecule has 0 spiro atoms. The summed E-state index contributed by atoms with van der Waals surface area (Å²) in [5, 5.41) is 3.58. The molecule has 0 saturated carbocycles. The van der Waals surface area contributed by atoms with Crippen LogP contribution >= 0.6 is 11.3 Å². The Kier molecular flexibility index (Phi) is 5.52. The number of benzene rings is 6. The van der Waals surface area contributed by atoms with Gasteiger partial charge in [-0.15, -0.1) is 11.3 Å². The molecule has 4 heterocycles. The van der Waals surface area contributed by atoms with E-state index in [1.54, 1.807) is 0 Å². The molecule has 2 aliphatic heterocycles. The van der Waals surface area contributed by atoms with Gasteiger partial charge in [-0.3, -0.25) is 0 Å². The lowest BCUT2D eigenvalue weighted by Crippen LogP contribution is -2.60. The minimum atomic E-state index is 0.0277. The Bertz CT molecular complexity index is 2540. The third-order valence-corrected chi connectivity index (χ3v) is 11.2. The summed E-state index contributed by atoms with van der Waals surface area (Å²) < 4.78 is 9.41. The van der Waals surface area contributed by atoms with Crippen molar-refractivity contribution >= 4 is 99.9 Å². The van der Waals surface area contributed by atoms with Gasteiger partial charge in [0, 0.05) is 48.4 Å². The molecule has 6 aromatic carbocycles. The van der Waals surface area contributed by atoms with Crippen molar-refractivity contribution in [3.8, 4) is 0 Å². The van der Waals surface area contributed by atoms with Crippen molar-refractivity contribution < 1.29 is 4.42 Å². The van der Waals surface area contributed by atoms with Crippen LogP contribution in [0.25, 0.3) is 32.0 Å². The van der Waals surface area contributed by atoms with E-state index in [1.165, 1.54) is 54.1 Å². The molecule has 5 heteroatoms. The van der Waals surface area contributed by atoms with Gasteiger partial charge in [0.2, 0.25) is 0 Å². The van der Waals surface area contributed by atoms with Crippen molar-refractivity contribution in [2.24, 2.45) is 0 Å². The molecule has 8 aromatic rings. The summed E-state index contributed by atoms with van der Waals surface area (Å²) in [4.78, 5) is 4.96. The predicted octanol–water partition coefficient (Wildman–Crippen LogP) is 10.2. The van der Waals surface area contributed by atoms with Crippen LogP contribution in [0, 0.1) is 0 Å². The van der Waals surface area contributed by atoms with Crippen LogP contribution in [0.2, 0.25) is 0 Å². The minimum Gasteiger partial charge on any atom is -0.454 e. The SMILES string of the molecule is CC(C)(C)c1ccc2sc3c(c2c1)N(c1cccc2c1oc1ccccc12)c1cccc2c1B3c1ccccc1N2c1ccccc1. The normalized spacial score (nSPS) is 13.7. The quantitative estimate of drug-likeness (QED) is 0.179. The number of rotatable bonds is 2. The lowest BCUT2D eigenvalue weighted by atomic mass is 9.36. The van der Waals surface area contributed by atoms with Gasteiger partial charge in [0.25, 0.3) is 6.71 Å². The molecule has 10 rings (SSSR count). The van der Waals surface area contributed by atoms with Gasteiger partial charge in [-0.05, 0) is 76.5 Å². The topological polar surface area (TPSA) is 19.6 Å². The number of hydrogen-bond donors (Lipinski definition) is 0. The maximum absolute atomic E-state index is 6.73. The zero-order valence-electron chi connectivity index (χ0n) is 26.5. The molecule has 0 unspecified atom stereocenters. The second kappa shape index (κ2) is 9.63. The maximum Gasteiger partial charge on any atom is 0.264 e.